The molecule has 0 amide bonds. The molecule has 1 saturated carbocycles. The van der Waals surface area contributed by atoms with Gasteiger partial charge in [-0.05, 0) is 53.5 Å². The zero-order valence-corrected chi connectivity index (χ0v) is 12.4. The van der Waals surface area contributed by atoms with Crippen molar-refractivity contribution in [3.05, 3.63) is 33.4 Å². The number of carbonyl (C=O) groups is 1. The molecule has 1 aromatic rings. The van der Waals surface area contributed by atoms with Crippen LogP contribution >= 0.6 is 22.6 Å². The minimum Gasteiger partial charge on any atom is -0.294 e. The Morgan fingerprint density at radius 3 is 2.94 bits per heavy atom. The monoisotopic (exact) mass is 342 g/mol. The number of halogens is 1. The van der Waals surface area contributed by atoms with E-state index in [4.69, 9.17) is 0 Å². The molecule has 92 valence electrons. The number of hydrogen-bond acceptors (Lipinski definition) is 1. The largest absolute Gasteiger partial charge is 0.294 e. The van der Waals surface area contributed by atoms with Crippen molar-refractivity contribution in [1.82, 2.24) is 0 Å². The molecule has 1 aliphatic carbocycles. The Kier molecular flexibility index (Phi) is 4.60. The molecule has 0 bridgehead atoms. The van der Waals surface area contributed by atoms with Crippen LogP contribution in [0.4, 0.5) is 0 Å². The lowest BCUT2D eigenvalue weighted by Gasteiger charge is -2.27. The molecule has 0 N–H and O–H groups in total. The first-order chi connectivity index (χ1) is 8.20. The summed E-state index contributed by atoms with van der Waals surface area (Å²) in [6.07, 6.45) is 5.93. The molecule has 0 radical (unpaired) electrons. The highest BCUT2D eigenvalue weighted by atomic mass is 127. The van der Waals surface area contributed by atoms with E-state index in [9.17, 15) is 4.79 Å². The zero-order valence-electron chi connectivity index (χ0n) is 10.3. The van der Waals surface area contributed by atoms with E-state index in [0.29, 0.717) is 5.78 Å². The molecule has 2 atom stereocenters. The SMILES string of the molecule is CCC1CCCC(C(=O)c2cccc(I)c2)C1. The normalized spacial score (nSPS) is 24.6. The van der Waals surface area contributed by atoms with Crippen LogP contribution in [0, 0.1) is 15.4 Å². The molecule has 0 heterocycles. The molecule has 0 aromatic heterocycles. The highest BCUT2D eigenvalue weighted by Gasteiger charge is 2.26. The average Bonchev–Trinajstić information content (AvgIpc) is 2.38. The van der Waals surface area contributed by atoms with Gasteiger partial charge in [-0.1, -0.05) is 38.3 Å². The zero-order chi connectivity index (χ0) is 12.3. The maximum Gasteiger partial charge on any atom is 0.165 e. The van der Waals surface area contributed by atoms with Crippen molar-refractivity contribution < 1.29 is 4.79 Å². The first-order valence-corrected chi connectivity index (χ1v) is 7.58. The van der Waals surface area contributed by atoms with Crippen LogP contribution in [-0.4, -0.2) is 5.78 Å². The Morgan fingerprint density at radius 2 is 2.24 bits per heavy atom. The van der Waals surface area contributed by atoms with E-state index in [-0.39, 0.29) is 5.92 Å². The van der Waals surface area contributed by atoms with Gasteiger partial charge in [0.15, 0.2) is 5.78 Å². The maximum absolute atomic E-state index is 12.4. The van der Waals surface area contributed by atoms with Crippen molar-refractivity contribution in [1.29, 1.82) is 0 Å². The molecule has 2 heteroatoms. The quantitative estimate of drug-likeness (QED) is 0.575. The number of hydrogen-bond donors (Lipinski definition) is 0. The van der Waals surface area contributed by atoms with E-state index in [1.165, 1.54) is 19.3 Å². The Hall–Kier alpha value is -0.380. The lowest BCUT2D eigenvalue weighted by molar-refractivity contribution is 0.0862. The van der Waals surface area contributed by atoms with Gasteiger partial charge >= 0.3 is 0 Å². The summed E-state index contributed by atoms with van der Waals surface area (Å²) in [5.74, 6) is 1.40. The van der Waals surface area contributed by atoms with Crippen LogP contribution in [-0.2, 0) is 0 Å². The van der Waals surface area contributed by atoms with E-state index in [2.05, 4.69) is 29.5 Å². The standard InChI is InChI=1S/C15H19IO/c1-2-11-5-3-6-12(9-11)15(17)13-7-4-8-14(16)10-13/h4,7-8,10-12H,2-3,5-6,9H2,1H3. The molecule has 1 aromatic carbocycles. The third-order valence-corrected chi connectivity index (χ3v) is 4.51. The van der Waals surface area contributed by atoms with Crippen LogP contribution in [0.2, 0.25) is 0 Å². The molecule has 0 saturated heterocycles. The fourth-order valence-electron chi connectivity index (χ4n) is 2.78. The maximum atomic E-state index is 12.4. The minimum atomic E-state index is 0.270. The van der Waals surface area contributed by atoms with E-state index >= 15 is 0 Å². The number of rotatable bonds is 3. The summed E-state index contributed by atoms with van der Waals surface area (Å²) in [6.45, 7) is 2.24. The number of Topliss-reactive ketones (excluding diaryl/α,β-unsaturated/α-hetero) is 1. The van der Waals surface area contributed by atoms with Gasteiger partial charge in [0, 0.05) is 15.1 Å². The van der Waals surface area contributed by atoms with E-state index in [0.717, 1.165) is 27.9 Å². The second-order valence-electron chi connectivity index (χ2n) is 5.01. The molecule has 0 spiro atoms. The van der Waals surface area contributed by atoms with Gasteiger partial charge in [0.05, 0.1) is 0 Å². The Balaban J connectivity index is 2.09. The van der Waals surface area contributed by atoms with E-state index < -0.39 is 0 Å². The van der Waals surface area contributed by atoms with Crippen molar-refractivity contribution in [2.24, 2.45) is 11.8 Å². The van der Waals surface area contributed by atoms with E-state index in [1.54, 1.807) is 0 Å². The molecule has 2 rings (SSSR count). The molecule has 1 fully saturated rings. The Labute approximate surface area is 117 Å². The second-order valence-corrected chi connectivity index (χ2v) is 6.26. The summed E-state index contributed by atoms with van der Waals surface area (Å²) in [7, 11) is 0. The molecular weight excluding hydrogens is 323 g/mol. The van der Waals surface area contributed by atoms with Gasteiger partial charge in [-0.15, -0.1) is 0 Å². The van der Waals surface area contributed by atoms with Crippen LogP contribution in [0.1, 0.15) is 49.4 Å². The number of ketones is 1. The van der Waals surface area contributed by atoms with Crippen LogP contribution in [0.3, 0.4) is 0 Å². The summed E-state index contributed by atoms with van der Waals surface area (Å²) >= 11 is 2.27. The van der Waals surface area contributed by atoms with Crippen molar-refractivity contribution in [2.45, 2.75) is 39.0 Å². The summed E-state index contributed by atoms with van der Waals surface area (Å²) in [5, 5.41) is 0. The van der Waals surface area contributed by atoms with Crippen LogP contribution < -0.4 is 0 Å². The van der Waals surface area contributed by atoms with Gasteiger partial charge < -0.3 is 0 Å². The molecule has 1 aliphatic rings. The van der Waals surface area contributed by atoms with Gasteiger partial charge in [0.1, 0.15) is 0 Å². The molecular formula is C15H19IO. The topological polar surface area (TPSA) is 17.1 Å². The lowest BCUT2D eigenvalue weighted by atomic mass is 9.77. The number of carbonyl (C=O) groups excluding carboxylic acids is 1. The van der Waals surface area contributed by atoms with Crippen molar-refractivity contribution in [3.8, 4) is 0 Å². The van der Waals surface area contributed by atoms with Gasteiger partial charge in [0.25, 0.3) is 0 Å². The van der Waals surface area contributed by atoms with Crippen molar-refractivity contribution in [2.75, 3.05) is 0 Å². The predicted molar refractivity (Wildman–Crippen MR) is 79.2 cm³/mol. The Morgan fingerprint density at radius 1 is 1.41 bits per heavy atom. The van der Waals surface area contributed by atoms with Gasteiger partial charge in [-0.25, -0.2) is 0 Å². The van der Waals surface area contributed by atoms with E-state index in [1.807, 2.05) is 24.3 Å². The summed E-state index contributed by atoms with van der Waals surface area (Å²) in [5.41, 5.74) is 0.902. The average molecular weight is 342 g/mol. The lowest BCUT2D eigenvalue weighted by Crippen LogP contribution is -2.22. The second kappa shape index (κ2) is 5.98. The van der Waals surface area contributed by atoms with Crippen LogP contribution in [0.25, 0.3) is 0 Å². The molecule has 0 aliphatic heterocycles. The highest BCUT2D eigenvalue weighted by molar-refractivity contribution is 14.1. The van der Waals surface area contributed by atoms with Crippen molar-refractivity contribution >= 4 is 28.4 Å². The summed E-state index contributed by atoms with van der Waals surface area (Å²) in [6, 6.07) is 7.99. The van der Waals surface area contributed by atoms with Gasteiger partial charge in [-0.3, -0.25) is 4.79 Å². The van der Waals surface area contributed by atoms with Crippen LogP contribution in [0.15, 0.2) is 24.3 Å². The third-order valence-electron chi connectivity index (χ3n) is 3.84. The highest BCUT2D eigenvalue weighted by Crippen LogP contribution is 2.33. The van der Waals surface area contributed by atoms with Crippen molar-refractivity contribution in [3.63, 3.8) is 0 Å². The molecule has 17 heavy (non-hydrogen) atoms. The van der Waals surface area contributed by atoms with Gasteiger partial charge in [-0.2, -0.15) is 0 Å². The first-order valence-electron chi connectivity index (χ1n) is 6.50. The summed E-state index contributed by atoms with van der Waals surface area (Å²) < 4.78 is 1.15. The fourth-order valence-corrected chi connectivity index (χ4v) is 3.32. The first kappa shape index (κ1) is 13.1. The minimum absolute atomic E-state index is 0.270. The fraction of sp³-hybridized carbons (Fsp3) is 0.533. The third kappa shape index (κ3) is 3.30. The summed E-state index contributed by atoms with van der Waals surface area (Å²) in [4.78, 5) is 12.4. The Bertz CT molecular complexity index is 400. The van der Waals surface area contributed by atoms with Gasteiger partial charge in [0.2, 0.25) is 0 Å². The molecule has 1 nitrogen and oxygen atoms in total. The van der Waals surface area contributed by atoms with Crippen LogP contribution in [0.5, 0.6) is 0 Å². The predicted octanol–water partition coefficient (Wildman–Crippen LogP) is 4.69. The smallest absolute Gasteiger partial charge is 0.165 e. The molecule has 2 unspecified atom stereocenters. The number of benzene rings is 1.